The number of carbonyl (C=O) groups is 1. The van der Waals surface area contributed by atoms with Crippen molar-refractivity contribution in [1.29, 1.82) is 5.26 Å². The fourth-order valence-corrected chi connectivity index (χ4v) is 1.47. The molecular weight excluding hydrogens is 249 g/mol. The van der Waals surface area contributed by atoms with Crippen molar-refractivity contribution in [2.75, 3.05) is 10.6 Å². The average Bonchev–Trinajstić information content (AvgIpc) is 2.73. The molecule has 0 aliphatic carbocycles. The average molecular weight is 259 g/mol. The van der Waals surface area contributed by atoms with Crippen molar-refractivity contribution in [2.45, 2.75) is 0 Å². The van der Waals surface area contributed by atoms with Gasteiger partial charge in [-0.3, -0.25) is 10.00 Å². The molecule has 1 aromatic carbocycles. The highest BCUT2D eigenvalue weighted by molar-refractivity contribution is 5.99. The molecule has 0 aliphatic heterocycles. The van der Waals surface area contributed by atoms with Crippen molar-refractivity contribution in [3.8, 4) is 6.07 Å². The summed E-state index contributed by atoms with van der Waals surface area (Å²) in [6, 6.07) is 6.72. The number of anilines is 2. The van der Waals surface area contributed by atoms with Crippen LogP contribution in [0.3, 0.4) is 0 Å². The number of nitrogens with one attached hydrogen (secondary N) is 2. The summed E-state index contributed by atoms with van der Waals surface area (Å²) in [5, 5.41) is 17.7. The van der Waals surface area contributed by atoms with E-state index in [1.54, 1.807) is 7.05 Å². The summed E-state index contributed by atoms with van der Waals surface area (Å²) >= 11 is 0. The number of aryl methyl sites for hydroxylation is 1. The van der Waals surface area contributed by atoms with Crippen molar-refractivity contribution in [2.24, 2.45) is 7.05 Å². The first kappa shape index (κ1) is 12.6. The number of aromatic nitrogens is 2. The number of halogens is 1. The Balaban J connectivity index is 2.07. The van der Waals surface area contributed by atoms with Gasteiger partial charge in [0, 0.05) is 12.7 Å². The number of urea groups is 1. The zero-order chi connectivity index (χ0) is 13.8. The van der Waals surface area contributed by atoms with E-state index in [1.165, 1.54) is 35.1 Å². The maximum Gasteiger partial charge on any atom is 0.324 e. The van der Waals surface area contributed by atoms with E-state index >= 15 is 0 Å². The predicted octanol–water partition coefficient (Wildman–Crippen LogP) is 2.07. The third kappa shape index (κ3) is 2.87. The van der Waals surface area contributed by atoms with E-state index < -0.39 is 6.03 Å². The third-order valence-electron chi connectivity index (χ3n) is 2.39. The monoisotopic (exact) mass is 259 g/mol. The molecule has 0 saturated heterocycles. The van der Waals surface area contributed by atoms with Crippen LogP contribution >= 0.6 is 0 Å². The minimum atomic E-state index is -0.535. The minimum Gasteiger partial charge on any atom is -0.308 e. The maximum absolute atomic E-state index is 12.7. The summed E-state index contributed by atoms with van der Waals surface area (Å²) in [4.78, 5) is 11.7. The lowest BCUT2D eigenvalue weighted by Crippen LogP contribution is -2.21. The van der Waals surface area contributed by atoms with Gasteiger partial charge < -0.3 is 5.32 Å². The summed E-state index contributed by atoms with van der Waals surface area (Å²) < 4.78 is 14.1. The van der Waals surface area contributed by atoms with Crippen molar-refractivity contribution in [1.82, 2.24) is 9.78 Å². The standard InChI is InChI=1S/C12H10FN5O/c1-18-11(8(6-14)7-15-18)17-12(19)16-10-4-2-9(13)3-5-10/h2-5,7H,1H3,(H2,16,17,19). The van der Waals surface area contributed by atoms with Gasteiger partial charge in [-0.05, 0) is 24.3 Å². The van der Waals surface area contributed by atoms with Gasteiger partial charge in [0.25, 0.3) is 0 Å². The quantitative estimate of drug-likeness (QED) is 0.866. The maximum atomic E-state index is 12.7. The van der Waals surface area contributed by atoms with E-state index in [0.29, 0.717) is 11.5 Å². The largest absolute Gasteiger partial charge is 0.324 e. The SMILES string of the molecule is Cn1ncc(C#N)c1NC(=O)Nc1ccc(F)cc1. The number of rotatable bonds is 2. The Labute approximate surface area is 108 Å². The first-order chi connectivity index (χ1) is 9.10. The summed E-state index contributed by atoms with van der Waals surface area (Å²) in [6.07, 6.45) is 1.35. The topological polar surface area (TPSA) is 82.7 Å². The molecule has 0 aliphatic rings. The Morgan fingerprint density at radius 1 is 1.37 bits per heavy atom. The Hall–Kier alpha value is -2.88. The van der Waals surface area contributed by atoms with Crippen molar-refractivity contribution < 1.29 is 9.18 Å². The molecule has 96 valence electrons. The highest BCUT2D eigenvalue weighted by Crippen LogP contribution is 2.13. The molecule has 0 bridgehead atoms. The molecule has 2 N–H and O–H groups in total. The molecule has 2 amide bonds. The lowest BCUT2D eigenvalue weighted by molar-refractivity contribution is 0.262. The predicted molar refractivity (Wildman–Crippen MR) is 67.0 cm³/mol. The first-order valence-electron chi connectivity index (χ1n) is 5.36. The summed E-state index contributed by atoms with van der Waals surface area (Å²) in [5.41, 5.74) is 0.705. The molecule has 19 heavy (non-hydrogen) atoms. The Bertz CT molecular complexity index is 641. The van der Waals surface area contributed by atoms with E-state index in [9.17, 15) is 9.18 Å². The van der Waals surface area contributed by atoms with Gasteiger partial charge in [0.05, 0.1) is 6.20 Å². The van der Waals surface area contributed by atoms with Crippen LogP contribution in [-0.4, -0.2) is 15.8 Å². The normalized spacial score (nSPS) is 9.74. The van der Waals surface area contributed by atoms with Crippen molar-refractivity contribution >= 4 is 17.5 Å². The zero-order valence-electron chi connectivity index (χ0n) is 10.0. The molecule has 0 unspecified atom stereocenters. The molecule has 0 spiro atoms. The number of hydrogen-bond donors (Lipinski definition) is 2. The minimum absolute atomic E-state index is 0.261. The summed E-state index contributed by atoms with van der Waals surface area (Å²) in [6.45, 7) is 0. The van der Waals surface area contributed by atoms with Crippen LogP contribution in [0.15, 0.2) is 30.5 Å². The molecule has 0 radical (unpaired) electrons. The Morgan fingerprint density at radius 3 is 2.68 bits per heavy atom. The second-order valence-corrected chi connectivity index (χ2v) is 3.73. The molecule has 7 heteroatoms. The molecule has 2 aromatic rings. The molecule has 2 rings (SSSR count). The highest BCUT2D eigenvalue weighted by Gasteiger charge is 2.11. The first-order valence-corrected chi connectivity index (χ1v) is 5.36. The molecule has 1 heterocycles. The smallest absolute Gasteiger partial charge is 0.308 e. The molecule has 0 saturated carbocycles. The highest BCUT2D eigenvalue weighted by atomic mass is 19.1. The van der Waals surface area contributed by atoms with Crippen LogP contribution in [0.4, 0.5) is 20.7 Å². The van der Waals surface area contributed by atoms with Crippen LogP contribution in [0, 0.1) is 17.1 Å². The number of nitrogens with zero attached hydrogens (tertiary/aromatic N) is 3. The van der Waals surface area contributed by atoms with E-state index in [4.69, 9.17) is 5.26 Å². The third-order valence-corrected chi connectivity index (χ3v) is 2.39. The molecular formula is C12H10FN5O. The van der Waals surface area contributed by atoms with Gasteiger partial charge in [-0.2, -0.15) is 10.4 Å². The van der Waals surface area contributed by atoms with Crippen LogP contribution < -0.4 is 10.6 Å². The summed E-state index contributed by atoms with van der Waals surface area (Å²) in [7, 11) is 1.61. The second kappa shape index (κ2) is 5.18. The van der Waals surface area contributed by atoms with Crippen LogP contribution in [0.2, 0.25) is 0 Å². The van der Waals surface area contributed by atoms with Gasteiger partial charge in [-0.1, -0.05) is 0 Å². The van der Waals surface area contributed by atoms with Gasteiger partial charge in [-0.15, -0.1) is 0 Å². The van der Waals surface area contributed by atoms with Crippen molar-refractivity contribution in [3.63, 3.8) is 0 Å². The Kier molecular flexibility index (Phi) is 3.43. The van der Waals surface area contributed by atoms with Gasteiger partial charge in [0.1, 0.15) is 23.3 Å². The van der Waals surface area contributed by atoms with E-state index in [2.05, 4.69) is 15.7 Å². The van der Waals surface area contributed by atoms with E-state index in [-0.39, 0.29) is 11.4 Å². The molecule has 1 aromatic heterocycles. The van der Waals surface area contributed by atoms with Gasteiger partial charge >= 0.3 is 6.03 Å². The number of amides is 2. The number of nitriles is 1. The number of hydrogen-bond acceptors (Lipinski definition) is 3. The fraction of sp³-hybridized carbons (Fsp3) is 0.0833. The molecule has 0 fully saturated rings. The van der Waals surface area contributed by atoms with Gasteiger partial charge in [0.2, 0.25) is 0 Å². The van der Waals surface area contributed by atoms with Crippen LogP contribution in [0.1, 0.15) is 5.56 Å². The van der Waals surface area contributed by atoms with E-state index in [0.717, 1.165) is 0 Å². The van der Waals surface area contributed by atoms with E-state index in [1.807, 2.05) is 6.07 Å². The lowest BCUT2D eigenvalue weighted by Gasteiger charge is -2.08. The Morgan fingerprint density at radius 2 is 2.05 bits per heavy atom. The fourth-order valence-electron chi connectivity index (χ4n) is 1.47. The number of benzene rings is 1. The molecule has 6 nitrogen and oxygen atoms in total. The lowest BCUT2D eigenvalue weighted by atomic mass is 10.3. The van der Waals surface area contributed by atoms with Crippen LogP contribution in [0.5, 0.6) is 0 Å². The zero-order valence-corrected chi connectivity index (χ0v) is 10.0. The van der Waals surface area contributed by atoms with Crippen LogP contribution in [-0.2, 0) is 7.05 Å². The summed E-state index contributed by atoms with van der Waals surface area (Å²) in [5.74, 6) is -0.0912. The van der Waals surface area contributed by atoms with Gasteiger partial charge in [-0.25, -0.2) is 9.18 Å². The van der Waals surface area contributed by atoms with Gasteiger partial charge in [0.15, 0.2) is 0 Å². The van der Waals surface area contributed by atoms with Crippen molar-refractivity contribution in [3.05, 3.63) is 41.8 Å². The second-order valence-electron chi connectivity index (χ2n) is 3.73. The number of carbonyl (C=O) groups excluding carboxylic acids is 1. The molecule has 0 atom stereocenters. The van der Waals surface area contributed by atoms with Crippen LogP contribution in [0.25, 0.3) is 0 Å².